The topological polar surface area (TPSA) is 43.4 Å². The van der Waals surface area contributed by atoms with Gasteiger partial charge in [0, 0.05) is 31.8 Å². The van der Waals surface area contributed by atoms with Crippen molar-refractivity contribution in [3.8, 4) is 5.88 Å². The maximum Gasteiger partial charge on any atom is 0.213 e. The van der Waals surface area contributed by atoms with Gasteiger partial charge in [-0.3, -0.25) is 0 Å². The molecule has 0 radical (unpaired) electrons. The Hall–Kier alpha value is -1.13. The highest BCUT2D eigenvalue weighted by molar-refractivity contribution is 5.20. The van der Waals surface area contributed by atoms with Crippen molar-refractivity contribution in [1.82, 2.24) is 10.3 Å². The van der Waals surface area contributed by atoms with Crippen molar-refractivity contribution in [3.05, 3.63) is 23.9 Å². The van der Waals surface area contributed by atoms with Gasteiger partial charge in [-0.05, 0) is 25.1 Å². The maximum absolute atomic E-state index is 5.68. The molecule has 17 heavy (non-hydrogen) atoms. The Morgan fingerprint density at radius 1 is 1.41 bits per heavy atom. The van der Waals surface area contributed by atoms with E-state index < -0.39 is 0 Å². The molecule has 0 bridgehead atoms. The van der Waals surface area contributed by atoms with Crippen LogP contribution in [0.1, 0.15) is 18.9 Å². The van der Waals surface area contributed by atoms with Gasteiger partial charge < -0.3 is 14.8 Å². The average Bonchev–Trinajstić information content (AvgIpc) is 2.35. The standard InChI is InChI=1S/C13H22N2O2/c1-4-11(9-16-3)10-17-13-7-12(8-14-2)5-6-15-13/h5-7,11,14H,4,8-10H2,1-3H3. The quantitative estimate of drug-likeness (QED) is 0.750. The van der Waals surface area contributed by atoms with Gasteiger partial charge >= 0.3 is 0 Å². The molecule has 0 aliphatic heterocycles. The van der Waals surface area contributed by atoms with E-state index in [0.717, 1.165) is 19.6 Å². The molecule has 0 saturated carbocycles. The van der Waals surface area contributed by atoms with Crippen LogP contribution in [0.3, 0.4) is 0 Å². The van der Waals surface area contributed by atoms with Crippen LogP contribution in [0.25, 0.3) is 0 Å². The third-order valence-corrected chi connectivity index (χ3v) is 2.63. The van der Waals surface area contributed by atoms with Crippen LogP contribution < -0.4 is 10.1 Å². The molecule has 1 N–H and O–H groups in total. The lowest BCUT2D eigenvalue weighted by Gasteiger charge is -2.14. The van der Waals surface area contributed by atoms with Crippen LogP contribution in [0.2, 0.25) is 0 Å². The third-order valence-electron chi connectivity index (χ3n) is 2.63. The third kappa shape index (κ3) is 5.15. The van der Waals surface area contributed by atoms with Gasteiger partial charge in [0.05, 0.1) is 13.2 Å². The molecule has 1 atom stereocenters. The van der Waals surface area contributed by atoms with Gasteiger partial charge in [0.25, 0.3) is 0 Å². The maximum atomic E-state index is 5.68. The number of hydrogen-bond acceptors (Lipinski definition) is 4. The number of pyridine rings is 1. The molecule has 0 aliphatic carbocycles. The van der Waals surface area contributed by atoms with Gasteiger partial charge in [-0.1, -0.05) is 6.92 Å². The van der Waals surface area contributed by atoms with Crippen molar-refractivity contribution in [3.63, 3.8) is 0 Å². The summed E-state index contributed by atoms with van der Waals surface area (Å²) >= 11 is 0. The molecule has 0 aromatic carbocycles. The van der Waals surface area contributed by atoms with Crippen molar-refractivity contribution in [2.24, 2.45) is 5.92 Å². The second kappa shape index (κ2) is 8.03. The number of nitrogens with zero attached hydrogens (tertiary/aromatic N) is 1. The first kappa shape index (κ1) is 13.9. The smallest absolute Gasteiger partial charge is 0.213 e. The molecule has 0 aliphatic rings. The molecule has 0 spiro atoms. The van der Waals surface area contributed by atoms with Crippen LogP contribution >= 0.6 is 0 Å². The lowest BCUT2D eigenvalue weighted by atomic mass is 10.1. The zero-order valence-electron chi connectivity index (χ0n) is 10.9. The summed E-state index contributed by atoms with van der Waals surface area (Å²) in [5, 5.41) is 3.10. The first-order chi connectivity index (χ1) is 8.30. The molecule has 0 amide bonds. The van der Waals surface area contributed by atoms with Gasteiger partial charge in [0.2, 0.25) is 5.88 Å². The van der Waals surface area contributed by atoms with Crippen LogP contribution in [-0.4, -0.2) is 32.4 Å². The normalized spacial score (nSPS) is 12.4. The molecule has 0 fully saturated rings. The molecule has 0 saturated heterocycles. The number of ether oxygens (including phenoxy) is 2. The van der Waals surface area contributed by atoms with Crippen molar-refractivity contribution in [2.75, 3.05) is 27.4 Å². The molecule has 1 aromatic heterocycles. The predicted molar refractivity (Wildman–Crippen MR) is 68.2 cm³/mol. The summed E-state index contributed by atoms with van der Waals surface area (Å²) in [5.74, 6) is 1.11. The highest BCUT2D eigenvalue weighted by atomic mass is 16.5. The van der Waals surface area contributed by atoms with Crippen LogP contribution in [0.5, 0.6) is 5.88 Å². The number of nitrogens with one attached hydrogen (secondary N) is 1. The molecule has 1 rings (SSSR count). The van der Waals surface area contributed by atoms with E-state index in [-0.39, 0.29) is 0 Å². The van der Waals surface area contributed by atoms with E-state index in [1.807, 2.05) is 19.2 Å². The van der Waals surface area contributed by atoms with E-state index in [4.69, 9.17) is 9.47 Å². The summed E-state index contributed by atoms with van der Waals surface area (Å²) in [6, 6.07) is 3.95. The van der Waals surface area contributed by atoms with E-state index in [2.05, 4.69) is 17.2 Å². The van der Waals surface area contributed by atoms with Crippen molar-refractivity contribution in [1.29, 1.82) is 0 Å². The molecule has 96 valence electrons. The largest absolute Gasteiger partial charge is 0.477 e. The summed E-state index contributed by atoms with van der Waals surface area (Å²) in [5.41, 5.74) is 1.18. The van der Waals surface area contributed by atoms with Gasteiger partial charge in [0.15, 0.2) is 0 Å². The van der Waals surface area contributed by atoms with Gasteiger partial charge in [-0.15, -0.1) is 0 Å². The Morgan fingerprint density at radius 3 is 2.88 bits per heavy atom. The predicted octanol–water partition coefficient (Wildman–Crippen LogP) is 1.85. The zero-order valence-corrected chi connectivity index (χ0v) is 10.9. The fourth-order valence-corrected chi connectivity index (χ4v) is 1.57. The van der Waals surface area contributed by atoms with Crippen LogP contribution in [0, 0.1) is 5.92 Å². The highest BCUT2D eigenvalue weighted by Gasteiger charge is 2.07. The van der Waals surface area contributed by atoms with E-state index in [0.29, 0.717) is 18.4 Å². The van der Waals surface area contributed by atoms with Crippen LogP contribution in [-0.2, 0) is 11.3 Å². The number of methoxy groups -OCH3 is 1. The second-order valence-corrected chi connectivity index (χ2v) is 4.07. The van der Waals surface area contributed by atoms with Gasteiger partial charge in [-0.25, -0.2) is 4.98 Å². The Morgan fingerprint density at radius 2 is 2.24 bits per heavy atom. The molecule has 1 aromatic rings. The Kier molecular flexibility index (Phi) is 6.58. The minimum Gasteiger partial charge on any atom is -0.477 e. The van der Waals surface area contributed by atoms with Crippen molar-refractivity contribution in [2.45, 2.75) is 19.9 Å². The van der Waals surface area contributed by atoms with E-state index in [1.54, 1.807) is 13.3 Å². The van der Waals surface area contributed by atoms with Crippen molar-refractivity contribution >= 4 is 0 Å². The number of rotatable bonds is 8. The minimum atomic E-state index is 0.426. The number of aromatic nitrogens is 1. The molecule has 1 unspecified atom stereocenters. The molecule has 1 heterocycles. The Bertz CT molecular complexity index is 318. The van der Waals surface area contributed by atoms with E-state index >= 15 is 0 Å². The SMILES string of the molecule is CCC(COC)COc1cc(CNC)ccn1. The minimum absolute atomic E-state index is 0.426. The monoisotopic (exact) mass is 238 g/mol. The molecular weight excluding hydrogens is 216 g/mol. The average molecular weight is 238 g/mol. The van der Waals surface area contributed by atoms with E-state index in [1.165, 1.54) is 5.56 Å². The highest BCUT2D eigenvalue weighted by Crippen LogP contribution is 2.12. The second-order valence-electron chi connectivity index (χ2n) is 4.07. The Balaban J connectivity index is 2.47. The van der Waals surface area contributed by atoms with Crippen molar-refractivity contribution < 1.29 is 9.47 Å². The summed E-state index contributed by atoms with van der Waals surface area (Å²) < 4.78 is 10.8. The lowest BCUT2D eigenvalue weighted by Crippen LogP contribution is -2.17. The van der Waals surface area contributed by atoms with Gasteiger partial charge in [-0.2, -0.15) is 0 Å². The fourth-order valence-electron chi connectivity index (χ4n) is 1.57. The lowest BCUT2D eigenvalue weighted by molar-refractivity contribution is 0.114. The summed E-state index contributed by atoms with van der Waals surface area (Å²) in [7, 11) is 3.64. The van der Waals surface area contributed by atoms with Gasteiger partial charge in [0.1, 0.15) is 0 Å². The summed E-state index contributed by atoms with van der Waals surface area (Å²) in [6.07, 6.45) is 2.82. The zero-order chi connectivity index (χ0) is 12.5. The van der Waals surface area contributed by atoms with Crippen LogP contribution in [0.4, 0.5) is 0 Å². The Labute approximate surface area is 103 Å². The first-order valence-electron chi connectivity index (χ1n) is 6.01. The first-order valence-corrected chi connectivity index (χ1v) is 6.01. The molecule has 4 nitrogen and oxygen atoms in total. The fraction of sp³-hybridized carbons (Fsp3) is 0.615. The van der Waals surface area contributed by atoms with Crippen LogP contribution in [0.15, 0.2) is 18.3 Å². The van der Waals surface area contributed by atoms with E-state index in [9.17, 15) is 0 Å². The summed E-state index contributed by atoms with van der Waals surface area (Å²) in [4.78, 5) is 4.20. The summed E-state index contributed by atoms with van der Waals surface area (Å²) in [6.45, 7) is 4.35. The molecular formula is C13H22N2O2. The molecule has 4 heteroatoms. The number of hydrogen-bond donors (Lipinski definition) is 1.